The van der Waals surface area contributed by atoms with E-state index in [0.717, 1.165) is 11.6 Å². The lowest BCUT2D eigenvalue weighted by Gasteiger charge is -2.08. The highest BCUT2D eigenvalue weighted by molar-refractivity contribution is 5.88. The van der Waals surface area contributed by atoms with Crippen molar-refractivity contribution in [2.24, 2.45) is 0 Å². The van der Waals surface area contributed by atoms with Crippen molar-refractivity contribution in [3.8, 4) is 23.0 Å². The van der Waals surface area contributed by atoms with Crippen LogP contribution in [0.5, 0.6) is 0 Å². The normalized spacial score (nSPS) is 10.7. The largest absolute Gasteiger partial charge is 0.206 e. The van der Waals surface area contributed by atoms with Crippen LogP contribution in [0.15, 0.2) is 60.7 Å². The van der Waals surface area contributed by atoms with E-state index >= 15 is 0 Å². The Hall–Kier alpha value is -3.65. The van der Waals surface area contributed by atoms with Gasteiger partial charge in [-0.25, -0.2) is 22.0 Å². The molecule has 4 aromatic carbocycles. The molecule has 0 bridgehead atoms. The second-order valence-electron chi connectivity index (χ2n) is 6.85. The number of halogens is 5. The van der Waals surface area contributed by atoms with E-state index in [9.17, 15) is 22.0 Å². The van der Waals surface area contributed by atoms with Gasteiger partial charge in [0.25, 0.3) is 0 Å². The molecule has 0 aromatic heterocycles. The van der Waals surface area contributed by atoms with Crippen molar-refractivity contribution in [2.45, 2.75) is 6.92 Å². The molecule has 0 atom stereocenters. The molecule has 0 unspecified atom stereocenters. The lowest BCUT2D eigenvalue weighted by molar-refractivity contribution is 0.453. The molecule has 0 N–H and O–H groups in total. The molecule has 0 amide bonds. The monoisotopic (exact) mass is 408 g/mol. The maximum absolute atomic E-state index is 14.7. The Labute approximate surface area is 169 Å². The quantitative estimate of drug-likeness (QED) is 0.182. The average Bonchev–Trinajstić information content (AvgIpc) is 2.71. The Bertz CT molecular complexity index is 1360. The molecule has 0 spiro atoms. The first-order valence-electron chi connectivity index (χ1n) is 8.99. The van der Waals surface area contributed by atoms with Gasteiger partial charge in [-0.3, -0.25) is 0 Å². The number of rotatable bonds is 1. The van der Waals surface area contributed by atoms with Gasteiger partial charge in [-0.15, -0.1) is 0 Å². The van der Waals surface area contributed by atoms with Crippen LogP contribution < -0.4 is 0 Å². The molecule has 0 nitrogen and oxygen atoms in total. The Balaban J connectivity index is 1.70. The van der Waals surface area contributed by atoms with Crippen LogP contribution in [0.2, 0.25) is 0 Å². The number of aryl methyl sites for hydroxylation is 1. The van der Waals surface area contributed by atoms with Crippen molar-refractivity contribution in [3.63, 3.8) is 0 Å². The third-order valence-corrected chi connectivity index (χ3v) is 4.72. The lowest BCUT2D eigenvalue weighted by atomic mass is 9.99. The lowest BCUT2D eigenvalue weighted by Crippen LogP contribution is -1.93. The molecule has 4 aromatic rings. The molecule has 30 heavy (non-hydrogen) atoms. The van der Waals surface area contributed by atoms with Gasteiger partial charge in [-0.05, 0) is 59.8 Å². The fourth-order valence-corrected chi connectivity index (χ4v) is 3.16. The first-order chi connectivity index (χ1) is 14.3. The summed E-state index contributed by atoms with van der Waals surface area (Å²) >= 11 is 0. The first-order valence-corrected chi connectivity index (χ1v) is 8.99. The zero-order valence-electron chi connectivity index (χ0n) is 15.7. The molecule has 0 heterocycles. The SMILES string of the molecule is Cc1ccc(C#Cc2ccc(-c3ccc4c(F)c(F)c(F)cc4c3)c(F)c2)c(F)c1. The smallest absolute Gasteiger partial charge is 0.195 e. The summed E-state index contributed by atoms with van der Waals surface area (Å²) in [5.74, 6) is 0.193. The van der Waals surface area contributed by atoms with Gasteiger partial charge in [0.05, 0.1) is 5.56 Å². The summed E-state index contributed by atoms with van der Waals surface area (Å²) in [7, 11) is 0. The predicted octanol–water partition coefficient (Wildman–Crippen LogP) is 6.91. The van der Waals surface area contributed by atoms with Crippen LogP contribution in [0.1, 0.15) is 16.7 Å². The van der Waals surface area contributed by atoms with E-state index in [2.05, 4.69) is 11.8 Å². The van der Waals surface area contributed by atoms with Gasteiger partial charge in [-0.1, -0.05) is 36.1 Å². The molecule has 0 fully saturated rings. The predicted molar refractivity (Wildman–Crippen MR) is 106 cm³/mol. The molecule has 148 valence electrons. The highest BCUT2D eigenvalue weighted by atomic mass is 19.2. The molecular weight excluding hydrogens is 395 g/mol. The van der Waals surface area contributed by atoms with Crippen molar-refractivity contribution in [2.75, 3.05) is 0 Å². The van der Waals surface area contributed by atoms with Gasteiger partial charge in [0, 0.05) is 16.5 Å². The summed E-state index contributed by atoms with van der Waals surface area (Å²) in [6.07, 6.45) is 0. The molecule has 0 saturated heterocycles. The summed E-state index contributed by atoms with van der Waals surface area (Å²) in [6, 6.07) is 13.8. The molecule has 0 aliphatic heterocycles. The summed E-state index contributed by atoms with van der Waals surface area (Å²) in [5.41, 5.74) is 1.88. The Morgan fingerprint density at radius 2 is 1.43 bits per heavy atom. The van der Waals surface area contributed by atoms with Gasteiger partial charge in [-0.2, -0.15) is 0 Å². The molecule has 5 heteroatoms. The molecule has 0 saturated carbocycles. The minimum Gasteiger partial charge on any atom is -0.206 e. The summed E-state index contributed by atoms with van der Waals surface area (Å²) in [6.45, 7) is 1.76. The van der Waals surface area contributed by atoms with E-state index < -0.39 is 29.1 Å². The summed E-state index contributed by atoms with van der Waals surface area (Å²) < 4.78 is 69.3. The van der Waals surface area contributed by atoms with E-state index in [0.29, 0.717) is 11.1 Å². The first kappa shape index (κ1) is 19.7. The highest BCUT2D eigenvalue weighted by Gasteiger charge is 2.15. The molecule has 4 rings (SSSR count). The van der Waals surface area contributed by atoms with Gasteiger partial charge < -0.3 is 0 Å². The van der Waals surface area contributed by atoms with Gasteiger partial charge >= 0.3 is 0 Å². The maximum atomic E-state index is 14.7. The molecular formula is C25H13F5. The van der Waals surface area contributed by atoms with Crippen LogP contribution in [0.25, 0.3) is 21.9 Å². The standard InChI is InChI=1S/C25H13F5/c1-14-2-5-16(21(26)10-14)6-3-15-4-8-19(22(27)11-15)17-7-9-20-18(12-17)13-23(28)25(30)24(20)29/h2,4-5,7-13H,1H3. The van der Waals surface area contributed by atoms with Gasteiger partial charge in [0.1, 0.15) is 11.6 Å². The fourth-order valence-electron chi connectivity index (χ4n) is 3.16. The third kappa shape index (κ3) is 3.65. The van der Waals surface area contributed by atoms with Gasteiger partial charge in [0.2, 0.25) is 0 Å². The highest BCUT2D eigenvalue weighted by Crippen LogP contribution is 2.30. The van der Waals surface area contributed by atoms with E-state index in [1.807, 2.05) is 0 Å². The molecule has 0 aliphatic carbocycles. The zero-order chi connectivity index (χ0) is 21.4. The zero-order valence-corrected chi connectivity index (χ0v) is 15.7. The molecule has 0 radical (unpaired) electrons. The Morgan fingerprint density at radius 3 is 2.17 bits per heavy atom. The van der Waals surface area contributed by atoms with Crippen LogP contribution in [-0.2, 0) is 0 Å². The van der Waals surface area contributed by atoms with E-state index in [4.69, 9.17) is 0 Å². The van der Waals surface area contributed by atoms with E-state index in [1.165, 1.54) is 36.4 Å². The van der Waals surface area contributed by atoms with Crippen molar-refractivity contribution >= 4 is 10.8 Å². The van der Waals surface area contributed by atoms with Crippen LogP contribution in [0, 0.1) is 47.9 Å². The van der Waals surface area contributed by atoms with Crippen LogP contribution in [0.3, 0.4) is 0 Å². The van der Waals surface area contributed by atoms with Crippen LogP contribution >= 0.6 is 0 Å². The Kier molecular flexibility index (Phi) is 5.01. The van der Waals surface area contributed by atoms with E-state index in [1.54, 1.807) is 25.1 Å². The van der Waals surface area contributed by atoms with Crippen molar-refractivity contribution < 1.29 is 22.0 Å². The Morgan fingerprint density at radius 1 is 0.633 bits per heavy atom. The number of hydrogen-bond acceptors (Lipinski definition) is 0. The summed E-state index contributed by atoms with van der Waals surface area (Å²) in [4.78, 5) is 0. The molecule has 0 aliphatic rings. The topological polar surface area (TPSA) is 0 Å². The van der Waals surface area contributed by atoms with Crippen molar-refractivity contribution in [3.05, 3.63) is 106 Å². The van der Waals surface area contributed by atoms with Crippen molar-refractivity contribution in [1.29, 1.82) is 0 Å². The number of fused-ring (bicyclic) bond motifs is 1. The van der Waals surface area contributed by atoms with Gasteiger partial charge in [0.15, 0.2) is 17.5 Å². The number of benzene rings is 4. The summed E-state index contributed by atoms with van der Waals surface area (Å²) in [5, 5.41) is 0.0164. The average molecular weight is 408 g/mol. The minimum atomic E-state index is -1.55. The minimum absolute atomic E-state index is 0.0966. The maximum Gasteiger partial charge on any atom is 0.195 e. The fraction of sp³-hybridized carbons (Fsp3) is 0.0400. The van der Waals surface area contributed by atoms with Crippen molar-refractivity contribution in [1.82, 2.24) is 0 Å². The van der Waals surface area contributed by atoms with Crippen LogP contribution in [0.4, 0.5) is 22.0 Å². The third-order valence-electron chi connectivity index (χ3n) is 4.72. The second kappa shape index (κ2) is 7.64. The van der Waals surface area contributed by atoms with Crippen LogP contribution in [-0.4, -0.2) is 0 Å². The second-order valence-corrected chi connectivity index (χ2v) is 6.85. The van der Waals surface area contributed by atoms with E-state index in [-0.39, 0.29) is 21.9 Å². The number of hydrogen-bond donors (Lipinski definition) is 0.